The first-order valence-electron chi connectivity index (χ1n) is 7.82. The van der Waals surface area contributed by atoms with Crippen molar-refractivity contribution >= 4 is 5.69 Å². The lowest BCUT2D eigenvalue weighted by Gasteiger charge is -2.26. The SMILES string of the molecule is CCCCC(CC)CCN(CC)c1cccc(F)c1F. The van der Waals surface area contributed by atoms with Crippen LogP contribution in [0.5, 0.6) is 0 Å². The summed E-state index contributed by atoms with van der Waals surface area (Å²) in [6.45, 7) is 7.88. The van der Waals surface area contributed by atoms with Gasteiger partial charge in [0.25, 0.3) is 0 Å². The molecule has 1 atom stereocenters. The molecule has 20 heavy (non-hydrogen) atoms. The lowest BCUT2D eigenvalue weighted by Crippen LogP contribution is -2.26. The van der Waals surface area contributed by atoms with Crippen molar-refractivity contribution in [3.05, 3.63) is 29.8 Å². The van der Waals surface area contributed by atoms with Crippen molar-refractivity contribution in [3.63, 3.8) is 0 Å². The number of unbranched alkanes of at least 4 members (excludes halogenated alkanes) is 1. The summed E-state index contributed by atoms with van der Waals surface area (Å²) in [5, 5.41) is 0. The maximum atomic E-state index is 13.8. The fourth-order valence-electron chi connectivity index (χ4n) is 2.57. The zero-order valence-corrected chi connectivity index (χ0v) is 13.0. The fraction of sp³-hybridized carbons (Fsp3) is 0.647. The van der Waals surface area contributed by atoms with E-state index in [0.717, 1.165) is 19.4 Å². The first-order chi connectivity index (χ1) is 9.63. The third-order valence-corrected chi connectivity index (χ3v) is 4.00. The van der Waals surface area contributed by atoms with Gasteiger partial charge in [-0.15, -0.1) is 0 Å². The minimum absolute atomic E-state index is 0.387. The Kier molecular flexibility index (Phi) is 7.56. The van der Waals surface area contributed by atoms with Crippen LogP contribution in [0.4, 0.5) is 14.5 Å². The third-order valence-electron chi connectivity index (χ3n) is 4.00. The number of hydrogen-bond donors (Lipinski definition) is 0. The first kappa shape index (κ1) is 16.9. The summed E-state index contributed by atoms with van der Waals surface area (Å²) in [6.07, 6.45) is 5.89. The van der Waals surface area contributed by atoms with E-state index in [1.807, 2.05) is 11.8 Å². The van der Waals surface area contributed by atoms with Gasteiger partial charge in [0.05, 0.1) is 5.69 Å². The number of nitrogens with zero attached hydrogens (tertiary/aromatic N) is 1. The lowest BCUT2D eigenvalue weighted by atomic mass is 9.95. The van der Waals surface area contributed by atoms with Crippen molar-refractivity contribution in [2.45, 2.75) is 52.9 Å². The Bertz CT molecular complexity index is 393. The van der Waals surface area contributed by atoms with Gasteiger partial charge in [0.1, 0.15) is 0 Å². The van der Waals surface area contributed by atoms with E-state index in [0.29, 0.717) is 18.2 Å². The summed E-state index contributed by atoms with van der Waals surface area (Å²) < 4.78 is 27.1. The van der Waals surface area contributed by atoms with E-state index in [9.17, 15) is 8.78 Å². The predicted molar refractivity (Wildman–Crippen MR) is 82.2 cm³/mol. The molecule has 0 aliphatic carbocycles. The van der Waals surface area contributed by atoms with Gasteiger partial charge in [0.15, 0.2) is 11.6 Å². The number of benzene rings is 1. The molecule has 0 N–H and O–H groups in total. The molecule has 1 aromatic carbocycles. The summed E-state index contributed by atoms with van der Waals surface area (Å²) in [6, 6.07) is 4.41. The molecule has 0 aliphatic rings. The predicted octanol–water partition coefficient (Wildman–Crippen LogP) is 5.40. The number of halogens is 2. The summed E-state index contributed by atoms with van der Waals surface area (Å²) in [7, 11) is 0. The van der Waals surface area contributed by atoms with Crippen LogP contribution in [0.1, 0.15) is 52.9 Å². The molecule has 3 heteroatoms. The average molecular weight is 283 g/mol. The Morgan fingerprint density at radius 1 is 1.10 bits per heavy atom. The van der Waals surface area contributed by atoms with Crippen LogP contribution < -0.4 is 4.90 Å². The molecule has 0 saturated carbocycles. The summed E-state index contributed by atoms with van der Waals surface area (Å²) in [5.41, 5.74) is 0.387. The second-order valence-electron chi connectivity index (χ2n) is 5.36. The number of anilines is 1. The van der Waals surface area contributed by atoms with Gasteiger partial charge in [-0.3, -0.25) is 0 Å². The Morgan fingerprint density at radius 3 is 2.45 bits per heavy atom. The molecule has 0 saturated heterocycles. The molecule has 0 fully saturated rings. The molecule has 0 spiro atoms. The second-order valence-corrected chi connectivity index (χ2v) is 5.36. The molecule has 0 heterocycles. The Morgan fingerprint density at radius 2 is 1.85 bits per heavy atom. The molecule has 0 radical (unpaired) electrons. The molecular weight excluding hydrogens is 256 g/mol. The van der Waals surface area contributed by atoms with Crippen molar-refractivity contribution in [2.75, 3.05) is 18.0 Å². The van der Waals surface area contributed by atoms with Gasteiger partial charge in [-0.1, -0.05) is 45.6 Å². The number of rotatable bonds is 9. The van der Waals surface area contributed by atoms with Crippen LogP contribution in [-0.4, -0.2) is 13.1 Å². The zero-order valence-electron chi connectivity index (χ0n) is 13.0. The van der Waals surface area contributed by atoms with Crippen LogP contribution in [0.2, 0.25) is 0 Å². The molecule has 1 aromatic rings. The first-order valence-corrected chi connectivity index (χ1v) is 7.82. The maximum absolute atomic E-state index is 13.8. The minimum atomic E-state index is -0.765. The molecule has 0 amide bonds. The van der Waals surface area contributed by atoms with Crippen LogP contribution in [0.15, 0.2) is 18.2 Å². The standard InChI is InChI=1S/C17H27F2N/c1-4-7-9-14(5-2)12-13-20(6-3)16-11-8-10-15(18)17(16)19/h8,10-11,14H,4-7,9,12-13H2,1-3H3. The zero-order chi connectivity index (χ0) is 15.0. The molecule has 1 rings (SSSR count). The fourth-order valence-corrected chi connectivity index (χ4v) is 2.57. The molecule has 0 aliphatic heterocycles. The maximum Gasteiger partial charge on any atom is 0.182 e. The summed E-state index contributed by atoms with van der Waals surface area (Å²) >= 11 is 0. The smallest absolute Gasteiger partial charge is 0.182 e. The van der Waals surface area contributed by atoms with Gasteiger partial charge in [-0.25, -0.2) is 8.78 Å². The van der Waals surface area contributed by atoms with Crippen LogP contribution in [0.3, 0.4) is 0 Å². The highest BCUT2D eigenvalue weighted by Crippen LogP contribution is 2.23. The van der Waals surface area contributed by atoms with Crippen molar-refractivity contribution in [1.82, 2.24) is 0 Å². The molecule has 1 unspecified atom stereocenters. The van der Waals surface area contributed by atoms with E-state index >= 15 is 0 Å². The van der Waals surface area contributed by atoms with Crippen LogP contribution >= 0.6 is 0 Å². The van der Waals surface area contributed by atoms with Crippen molar-refractivity contribution in [1.29, 1.82) is 0 Å². The molecular formula is C17H27F2N. The van der Waals surface area contributed by atoms with E-state index in [-0.39, 0.29) is 0 Å². The Hall–Kier alpha value is -1.12. The highest BCUT2D eigenvalue weighted by Gasteiger charge is 2.15. The van der Waals surface area contributed by atoms with Crippen LogP contribution in [0, 0.1) is 17.6 Å². The summed E-state index contributed by atoms with van der Waals surface area (Å²) in [4.78, 5) is 1.94. The molecule has 114 valence electrons. The summed E-state index contributed by atoms with van der Waals surface area (Å²) in [5.74, 6) is -0.810. The van der Waals surface area contributed by atoms with Gasteiger partial charge in [-0.05, 0) is 31.4 Å². The minimum Gasteiger partial charge on any atom is -0.369 e. The van der Waals surface area contributed by atoms with E-state index in [1.54, 1.807) is 12.1 Å². The highest BCUT2D eigenvalue weighted by atomic mass is 19.2. The largest absolute Gasteiger partial charge is 0.369 e. The van der Waals surface area contributed by atoms with Crippen LogP contribution in [0.25, 0.3) is 0 Å². The Labute approximate surface area is 122 Å². The van der Waals surface area contributed by atoms with E-state index in [1.165, 1.54) is 25.3 Å². The quantitative estimate of drug-likeness (QED) is 0.586. The molecule has 0 aromatic heterocycles. The molecule has 0 bridgehead atoms. The highest BCUT2D eigenvalue weighted by molar-refractivity contribution is 5.47. The van der Waals surface area contributed by atoms with Gasteiger partial charge in [0, 0.05) is 13.1 Å². The average Bonchev–Trinajstić information content (AvgIpc) is 2.46. The van der Waals surface area contributed by atoms with Crippen molar-refractivity contribution in [2.24, 2.45) is 5.92 Å². The van der Waals surface area contributed by atoms with Gasteiger partial charge >= 0.3 is 0 Å². The van der Waals surface area contributed by atoms with Crippen molar-refractivity contribution in [3.8, 4) is 0 Å². The lowest BCUT2D eigenvalue weighted by molar-refractivity contribution is 0.420. The van der Waals surface area contributed by atoms with E-state index < -0.39 is 11.6 Å². The van der Waals surface area contributed by atoms with Crippen LogP contribution in [-0.2, 0) is 0 Å². The van der Waals surface area contributed by atoms with Crippen molar-refractivity contribution < 1.29 is 8.78 Å². The van der Waals surface area contributed by atoms with E-state index in [4.69, 9.17) is 0 Å². The van der Waals surface area contributed by atoms with E-state index in [2.05, 4.69) is 13.8 Å². The second kappa shape index (κ2) is 8.93. The van der Waals surface area contributed by atoms with Gasteiger partial charge in [-0.2, -0.15) is 0 Å². The number of hydrogen-bond acceptors (Lipinski definition) is 1. The Balaban J connectivity index is 2.65. The monoisotopic (exact) mass is 283 g/mol. The van der Waals surface area contributed by atoms with Gasteiger partial charge in [0.2, 0.25) is 0 Å². The molecule has 1 nitrogen and oxygen atoms in total. The topological polar surface area (TPSA) is 3.24 Å². The normalized spacial score (nSPS) is 12.4. The van der Waals surface area contributed by atoms with Gasteiger partial charge < -0.3 is 4.90 Å². The third kappa shape index (κ3) is 4.77.